The summed E-state index contributed by atoms with van der Waals surface area (Å²) in [5, 5.41) is 8.24. The maximum absolute atomic E-state index is 12.7. The van der Waals surface area contributed by atoms with Gasteiger partial charge >= 0.3 is 12.0 Å². The van der Waals surface area contributed by atoms with E-state index in [0.29, 0.717) is 19.5 Å². The van der Waals surface area contributed by atoms with Crippen LogP contribution in [-0.2, 0) is 9.53 Å². The van der Waals surface area contributed by atoms with Crippen molar-refractivity contribution >= 4 is 17.8 Å². The van der Waals surface area contributed by atoms with Crippen LogP contribution in [0, 0.1) is 11.7 Å². The molecule has 1 rings (SSSR count). The normalized spacial score (nSPS) is 11.9. The summed E-state index contributed by atoms with van der Waals surface area (Å²) in [5.74, 6) is -0.378. The molecule has 1 atom stereocenters. The van der Waals surface area contributed by atoms with Crippen LogP contribution in [0.5, 0.6) is 0 Å². The van der Waals surface area contributed by atoms with Gasteiger partial charge in [-0.05, 0) is 31.0 Å². The number of rotatable bonds is 8. The second kappa shape index (κ2) is 9.73. The summed E-state index contributed by atoms with van der Waals surface area (Å²) in [6.07, 6.45) is 1.67. The van der Waals surface area contributed by atoms with Gasteiger partial charge in [0.25, 0.3) is 0 Å². The number of amides is 2. The minimum atomic E-state index is -0.465. The third-order valence-corrected chi connectivity index (χ3v) is 3.09. The Kier molecular flexibility index (Phi) is 7.96. The average Bonchev–Trinajstić information content (AvgIpc) is 2.52. The number of pyridine rings is 1. The van der Waals surface area contributed by atoms with Crippen LogP contribution >= 0.6 is 0 Å². The van der Waals surface area contributed by atoms with Crippen LogP contribution < -0.4 is 16.0 Å². The van der Waals surface area contributed by atoms with Gasteiger partial charge in [-0.15, -0.1) is 0 Å². The number of carbonyl (C=O) groups is 2. The van der Waals surface area contributed by atoms with Gasteiger partial charge in [-0.2, -0.15) is 0 Å². The number of anilines is 1. The van der Waals surface area contributed by atoms with Gasteiger partial charge < -0.3 is 15.4 Å². The molecule has 0 aliphatic heterocycles. The van der Waals surface area contributed by atoms with E-state index in [1.54, 1.807) is 0 Å². The molecule has 0 aliphatic rings. The first-order valence-electron chi connectivity index (χ1n) is 7.41. The van der Waals surface area contributed by atoms with Gasteiger partial charge in [0, 0.05) is 6.54 Å². The van der Waals surface area contributed by atoms with Crippen molar-refractivity contribution in [2.75, 3.05) is 25.5 Å². The van der Waals surface area contributed by atoms with E-state index in [0.717, 1.165) is 6.20 Å². The van der Waals surface area contributed by atoms with E-state index >= 15 is 0 Å². The summed E-state index contributed by atoms with van der Waals surface area (Å²) < 4.78 is 17.4. The Bertz CT molecular complexity index is 508. The van der Waals surface area contributed by atoms with Crippen LogP contribution in [0.2, 0.25) is 0 Å². The fraction of sp³-hybridized carbons (Fsp3) is 0.533. The number of methoxy groups -OCH3 is 1. The Hall–Kier alpha value is -2.22. The predicted octanol–water partition coefficient (Wildman–Crippen LogP) is 1.52. The number of halogens is 1. The van der Waals surface area contributed by atoms with Crippen molar-refractivity contribution in [2.24, 2.45) is 5.92 Å². The number of nitrogens with one attached hydrogen (secondary N) is 3. The molecule has 1 aromatic heterocycles. The standard InChI is InChI=1S/C15H23FN4O3/c1-10(2)13(14(21)23-3)17-7-4-8-18-15(22)20-12-6-5-11(16)9-19-12/h5-6,9-10,13,17H,4,7-8H2,1-3H3,(H2,18,19,20,22)/t13-/m0/s1. The van der Waals surface area contributed by atoms with Gasteiger partial charge in [-0.3, -0.25) is 10.1 Å². The molecule has 8 heteroatoms. The van der Waals surface area contributed by atoms with Crippen molar-refractivity contribution in [1.29, 1.82) is 0 Å². The van der Waals surface area contributed by atoms with Gasteiger partial charge in [0.1, 0.15) is 17.7 Å². The number of esters is 1. The molecule has 0 saturated carbocycles. The van der Waals surface area contributed by atoms with Crippen molar-refractivity contribution in [1.82, 2.24) is 15.6 Å². The monoisotopic (exact) mass is 326 g/mol. The maximum atomic E-state index is 12.7. The summed E-state index contributed by atoms with van der Waals surface area (Å²) in [4.78, 5) is 26.9. The number of hydrogen-bond donors (Lipinski definition) is 3. The molecule has 128 valence electrons. The Balaban J connectivity index is 2.22. The first-order chi connectivity index (χ1) is 10.9. The maximum Gasteiger partial charge on any atom is 0.323 e. The van der Waals surface area contributed by atoms with Gasteiger partial charge in [0.15, 0.2) is 0 Å². The predicted molar refractivity (Wildman–Crippen MR) is 84.5 cm³/mol. The minimum absolute atomic E-state index is 0.114. The van der Waals surface area contributed by atoms with Gasteiger partial charge in [0.05, 0.1) is 13.3 Å². The lowest BCUT2D eigenvalue weighted by Crippen LogP contribution is -2.43. The Labute approximate surface area is 135 Å². The molecule has 0 radical (unpaired) electrons. The summed E-state index contributed by atoms with van der Waals surface area (Å²) in [6.45, 7) is 4.84. The van der Waals surface area contributed by atoms with Gasteiger partial charge in [0.2, 0.25) is 0 Å². The summed E-state index contributed by atoms with van der Waals surface area (Å²) in [7, 11) is 1.36. The summed E-state index contributed by atoms with van der Waals surface area (Å²) >= 11 is 0. The highest BCUT2D eigenvalue weighted by Gasteiger charge is 2.21. The largest absolute Gasteiger partial charge is 0.468 e. The molecular formula is C15H23FN4O3. The number of hydrogen-bond acceptors (Lipinski definition) is 5. The third kappa shape index (κ3) is 7.05. The van der Waals surface area contributed by atoms with Crippen LogP contribution in [0.3, 0.4) is 0 Å². The van der Waals surface area contributed by atoms with E-state index < -0.39 is 11.8 Å². The molecule has 0 aromatic carbocycles. The molecule has 0 saturated heterocycles. The quantitative estimate of drug-likeness (QED) is 0.497. The highest BCUT2D eigenvalue weighted by molar-refractivity contribution is 5.88. The van der Waals surface area contributed by atoms with Gasteiger partial charge in [-0.1, -0.05) is 13.8 Å². The highest BCUT2D eigenvalue weighted by Crippen LogP contribution is 2.04. The average molecular weight is 326 g/mol. The smallest absolute Gasteiger partial charge is 0.323 e. The zero-order chi connectivity index (χ0) is 17.2. The number of nitrogens with zero attached hydrogens (tertiary/aromatic N) is 1. The lowest BCUT2D eigenvalue weighted by atomic mass is 10.0. The van der Waals surface area contributed by atoms with E-state index in [9.17, 15) is 14.0 Å². The second-order valence-electron chi connectivity index (χ2n) is 5.30. The van der Waals surface area contributed by atoms with E-state index in [4.69, 9.17) is 4.74 Å². The molecule has 0 aliphatic carbocycles. The molecule has 7 nitrogen and oxygen atoms in total. The van der Waals surface area contributed by atoms with Crippen LogP contribution in [0.1, 0.15) is 20.3 Å². The molecule has 0 bridgehead atoms. The molecule has 1 heterocycles. The van der Waals surface area contributed by atoms with Crippen LogP contribution in [0.4, 0.5) is 15.0 Å². The number of ether oxygens (including phenoxy) is 1. The van der Waals surface area contributed by atoms with Crippen molar-refractivity contribution in [3.05, 3.63) is 24.1 Å². The lowest BCUT2D eigenvalue weighted by Gasteiger charge is -2.19. The lowest BCUT2D eigenvalue weighted by molar-refractivity contribution is -0.144. The zero-order valence-corrected chi connectivity index (χ0v) is 13.6. The molecule has 3 N–H and O–H groups in total. The third-order valence-electron chi connectivity index (χ3n) is 3.09. The molecule has 0 fully saturated rings. The molecule has 23 heavy (non-hydrogen) atoms. The molecular weight excluding hydrogens is 303 g/mol. The van der Waals surface area contributed by atoms with E-state index in [1.807, 2.05) is 13.8 Å². The first-order valence-corrected chi connectivity index (χ1v) is 7.41. The van der Waals surface area contributed by atoms with Crippen LogP contribution in [0.15, 0.2) is 18.3 Å². The highest BCUT2D eigenvalue weighted by atomic mass is 19.1. The van der Waals surface area contributed by atoms with E-state index in [1.165, 1.54) is 19.2 Å². The topological polar surface area (TPSA) is 92.4 Å². The number of carbonyl (C=O) groups excluding carboxylic acids is 2. The minimum Gasteiger partial charge on any atom is -0.468 e. The molecule has 0 spiro atoms. The summed E-state index contributed by atoms with van der Waals surface area (Å²) in [5.41, 5.74) is 0. The number of aromatic nitrogens is 1. The molecule has 1 aromatic rings. The van der Waals surface area contributed by atoms with Gasteiger partial charge in [-0.25, -0.2) is 14.2 Å². The van der Waals surface area contributed by atoms with Crippen LogP contribution in [0.25, 0.3) is 0 Å². The first kappa shape index (κ1) is 18.8. The second-order valence-corrected chi connectivity index (χ2v) is 5.30. The SMILES string of the molecule is COC(=O)[C@@H](NCCCNC(=O)Nc1ccc(F)cn1)C(C)C. The molecule has 0 unspecified atom stereocenters. The van der Waals surface area contributed by atoms with Crippen molar-refractivity contribution < 1.29 is 18.7 Å². The Morgan fingerprint density at radius 3 is 2.61 bits per heavy atom. The molecule has 2 amide bonds. The van der Waals surface area contributed by atoms with Crippen molar-refractivity contribution in [3.63, 3.8) is 0 Å². The van der Waals surface area contributed by atoms with E-state index in [-0.39, 0.29) is 23.7 Å². The van der Waals surface area contributed by atoms with Crippen LogP contribution in [-0.4, -0.2) is 43.2 Å². The summed E-state index contributed by atoms with van der Waals surface area (Å²) in [6, 6.07) is 1.81. The Morgan fingerprint density at radius 1 is 1.30 bits per heavy atom. The fourth-order valence-electron chi connectivity index (χ4n) is 1.88. The zero-order valence-electron chi connectivity index (χ0n) is 13.6. The van der Waals surface area contributed by atoms with E-state index in [2.05, 4.69) is 20.9 Å². The fourth-order valence-corrected chi connectivity index (χ4v) is 1.88. The number of urea groups is 1. The van der Waals surface area contributed by atoms with Crippen molar-refractivity contribution in [2.45, 2.75) is 26.3 Å². The van der Waals surface area contributed by atoms with Crippen molar-refractivity contribution in [3.8, 4) is 0 Å². The Morgan fingerprint density at radius 2 is 2.04 bits per heavy atom.